The Labute approximate surface area is 130 Å². The van der Waals surface area contributed by atoms with E-state index in [0.717, 1.165) is 30.0 Å². The van der Waals surface area contributed by atoms with E-state index in [9.17, 15) is 4.79 Å². The molecule has 1 saturated carbocycles. The molecule has 1 amide bonds. The van der Waals surface area contributed by atoms with Gasteiger partial charge in [0, 0.05) is 35.4 Å². The number of nitrogens with zero attached hydrogens (tertiary/aromatic N) is 1. The van der Waals surface area contributed by atoms with Gasteiger partial charge in [0.2, 0.25) is 5.91 Å². The molecule has 1 aromatic carbocycles. The second-order valence-corrected chi connectivity index (χ2v) is 6.91. The van der Waals surface area contributed by atoms with Crippen molar-refractivity contribution in [1.29, 1.82) is 0 Å². The lowest BCUT2D eigenvalue weighted by molar-refractivity contribution is -0.221. The van der Waals surface area contributed by atoms with Crippen LogP contribution in [0.15, 0.2) is 24.3 Å². The molecule has 0 N–H and O–H groups in total. The van der Waals surface area contributed by atoms with Gasteiger partial charge in [-0.3, -0.25) is 4.79 Å². The molecule has 2 heterocycles. The molecule has 0 aromatic heterocycles. The molecule has 3 aliphatic rings. The molecule has 4 rings (SSSR count). The molecule has 0 spiro atoms. The van der Waals surface area contributed by atoms with Crippen molar-refractivity contribution in [2.45, 2.75) is 50.3 Å². The fourth-order valence-electron chi connectivity index (χ4n) is 4.36. The third-order valence-electron chi connectivity index (χ3n) is 5.37. The van der Waals surface area contributed by atoms with Crippen LogP contribution in [0.3, 0.4) is 0 Å². The molecule has 0 unspecified atom stereocenters. The smallest absolute Gasteiger partial charge is 0.225 e. The van der Waals surface area contributed by atoms with Crippen LogP contribution in [-0.4, -0.2) is 23.5 Å². The molecule has 1 aromatic rings. The zero-order valence-corrected chi connectivity index (χ0v) is 12.8. The Morgan fingerprint density at radius 3 is 2.76 bits per heavy atom. The van der Waals surface area contributed by atoms with Gasteiger partial charge in [0.05, 0.1) is 6.61 Å². The van der Waals surface area contributed by atoms with Crippen molar-refractivity contribution in [3.05, 3.63) is 34.9 Å². The predicted octanol–water partition coefficient (Wildman–Crippen LogP) is 3.70. The van der Waals surface area contributed by atoms with Crippen LogP contribution in [-0.2, 0) is 15.3 Å². The van der Waals surface area contributed by atoms with Gasteiger partial charge in [-0.25, -0.2) is 0 Å². The van der Waals surface area contributed by atoms with E-state index in [-0.39, 0.29) is 5.91 Å². The third-order valence-corrected chi connectivity index (χ3v) is 5.62. The number of halogens is 1. The molecule has 1 aliphatic carbocycles. The maximum Gasteiger partial charge on any atom is 0.225 e. The Bertz CT molecular complexity index is 558. The van der Waals surface area contributed by atoms with Crippen LogP contribution in [0.1, 0.15) is 44.1 Å². The van der Waals surface area contributed by atoms with E-state index in [1.807, 2.05) is 24.3 Å². The average molecular weight is 306 g/mol. The van der Waals surface area contributed by atoms with Crippen LogP contribution in [0.4, 0.5) is 0 Å². The Hall–Kier alpha value is -1.06. The Morgan fingerprint density at radius 1 is 1.19 bits per heavy atom. The minimum Gasteiger partial charge on any atom is -0.351 e. The maximum absolute atomic E-state index is 12.5. The van der Waals surface area contributed by atoms with E-state index < -0.39 is 5.72 Å². The van der Waals surface area contributed by atoms with E-state index in [1.165, 1.54) is 19.3 Å². The summed E-state index contributed by atoms with van der Waals surface area (Å²) < 4.78 is 6.32. The van der Waals surface area contributed by atoms with Gasteiger partial charge in [-0.05, 0) is 25.0 Å². The first-order valence-corrected chi connectivity index (χ1v) is 8.31. The summed E-state index contributed by atoms with van der Waals surface area (Å²) in [5.74, 6) is 0.766. The van der Waals surface area contributed by atoms with Gasteiger partial charge < -0.3 is 9.64 Å². The normalized spacial score (nSPS) is 35.5. The molecular formula is C17H20ClNO2. The highest BCUT2D eigenvalue weighted by atomic mass is 35.5. The standard InChI is InChI=1S/C17H20ClNO2/c18-14-7-5-13(6-8-14)17-10-9-16(20)19(17)15-4-2-1-3-12(15)11-21-17/h5-8,12,15H,1-4,9-11H2/t12-,15-,17-/m1/s1. The first kappa shape index (κ1) is 13.6. The summed E-state index contributed by atoms with van der Waals surface area (Å²) in [7, 11) is 0. The number of carbonyl (C=O) groups excluding carboxylic acids is 1. The number of benzene rings is 1. The zero-order valence-electron chi connectivity index (χ0n) is 12.1. The number of rotatable bonds is 1. The number of hydrogen-bond donors (Lipinski definition) is 0. The van der Waals surface area contributed by atoms with Crippen molar-refractivity contribution in [1.82, 2.24) is 4.90 Å². The van der Waals surface area contributed by atoms with Crippen LogP contribution >= 0.6 is 11.6 Å². The van der Waals surface area contributed by atoms with Crippen molar-refractivity contribution in [3.8, 4) is 0 Å². The summed E-state index contributed by atoms with van der Waals surface area (Å²) in [5.41, 5.74) is 0.530. The van der Waals surface area contributed by atoms with Crippen LogP contribution in [0, 0.1) is 5.92 Å². The third kappa shape index (κ3) is 2.01. The van der Waals surface area contributed by atoms with Crippen LogP contribution < -0.4 is 0 Å². The topological polar surface area (TPSA) is 29.5 Å². The van der Waals surface area contributed by atoms with E-state index in [2.05, 4.69) is 4.90 Å². The minimum atomic E-state index is -0.541. The van der Waals surface area contributed by atoms with Gasteiger partial charge in [0.15, 0.2) is 5.72 Å². The molecule has 4 heteroatoms. The van der Waals surface area contributed by atoms with Crippen LogP contribution in [0.25, 0.3) is 0 Å². The second-order valence-electron chi connectivity index (χ2n) is 6.48. The SMILES string of the molecule is O=C1CC[C@]2(c3ccc(Cl)cc3)OC[C@H]3CCCC[C@H]3N12. The van der Waals surface area contributed by atoms with Crippen LogP contribution in [0.2, 0.25) is 5.02 Å². The number of ether oxygens (including phenoxy) is 1. The minimum absolute atomic E-state index is 0.251. The lowest BCUT2D eigenvalue weighted by Crippen LogP contribution is -2.59. The van der Waals surface area contributed by atoms with Gasteiger partial charge in [-0.2, -0.15) is 0 Å². The summed E-state index contributed by atoms with van der Waals surface area (Å²) in [6.07, 6.45) is 6.14. The van der Waals surface area contributed by atoms with Crippen molar-refractivity contribution >= 4 is 17.5 Å². The first-order valence-electron chi connectivity index (χ1n) is 7.93. The highest BCUT2D eigenvalue weighted by molar-refractivity contribution is 6.30. The average Bonchev–Trinajstić information content (AvgIpc) is 2.87. The highest BCUT2D eigenvalue weighted by Gasteiger charge is 2.55. The zero-order chi connectivity index (χ0) is 14.4. The molecule has 0 bridgehead atoms. The van der Waals surface area contributed by atoms with Gasteiger partial charge >= 0.3 is 0 Å². The van der Waals surface area contributed by atoms with Crippen molar-refractivity contribution in [2.24, 2.45) is 5.92 Å². The van der Waals surface area contributed by atoms with E-state index in [4.69, 9.17) is 16.3 Å². The molecule has 3 nitrogen and oxygen atoms in total. The number of fused-ring (bicyclic) bond motifs is 3. The number of carbonyl (C=O) groups is 1. The van der Waals surface area contributed by atoms with E-state index in [0.29, 0.717) is 18.4 Å². The van der Waals surface area contributed by atoms with Crippen molar-refractivity contribution in [3.63, 3.8) is 0 Å². The fourth-order valence-corrected chi connectivity index (χ4v) is 4.48. The predicted molar refractivity (Wildman–Crippen MR) is 80.9 cm³/mol. The molecule has 0 radical (unpaired) electrons. The van der Waals surface area contributed by atoms with Gasteiger partial charge in [0.25, 0.3) is 0 Å². The monoisotopic (exact) mass is 305 g/mol. The van der Waals surface area contributed by atoms with E-state index >= 15 is 0 Å². The van der Waals surface area contributed by atoms with Crippen molar-refractivity contribution < 1.29 is 9.53 Å². The second kappa shape index (κ2) is 4.99. The molecule has 3 fully saturated rings. The Morgan fingerprint density at radius 2 is 1.95 bits per heavy atom. The lowest BCUT2D eigenvalue weighted by Gasteiger charge is -2.52. The van der Waals surface area contributed by atoms with Gasteiger partial charge in [0.1, 0.15) is 0 Å². The van der Waals surface area contributed by atoms with Gasteiger partial charge in [-0.15, -0.1) is 0 Å². The summed E-state index contributed by atoms with van der Waals surface area (Å²) in [6.45, 7) is 0.775. The first-order chi connectivity index (χ1) is 10.2. The largest absolute Gasteiger partial charge is 0.351 e. The summed E-state index contributed by atoms with van der Waals surface area (Å²) in [6, 6.07) is 8.17. The van der Waals surface area contributed by atoms with Gasteiger partial charge in [-0.1, -0.05) is 36.6 Å². The molecular weight excluding hydrogens is 286 g/mol. The number of hydrogen-bond acceptors (Lipinski definition) is 2. The fraction of sp³-hybridized carbons (Fsp3) is 0.588. The summed E-state index contributed by atoms with van der Waals surface area (Å²) in [5, 5.41) is 0.720. The molecule has 2 saturated heterocycles. The molecule has 2 aliphatic heterocycles. The molecule has 112 valence electrons. The molecule has 3 atom stereocenters. The van der Waals surface area contributed by atoms with Crippen LogP contribution in [0.5, 0.6) is 0 Å². The number of amides is 1. The Balaban J connectivity index is 1.76. The highest BCUT2D eigenvalue weighted by Crippen LogP contribution is 2.49. The van der Waals surface area contributed by atoms with E-state index in [1.54, 1.807) is 0 Å². The summed E-state index contributed by atoms with van der Waals surface area (Å²) in [4.78, 5) is 14.6. The molecule has 21 heavy (non-hydrogen) atoms. The Kier molecular flexibility index (Phi) is 3.23. The maximum atomic E-state index is 12.5. The lowest BCUT2D eigenvalue weighted by atomic mass is 9.81. The van der Waals surface area contributed by atoms with Crippen molar-refractivity contribution in [2.75, 3.05) is 6.61 Å². The quantitative estimate of drug-likeness (QED) is 0.791. The summed E-state index contributed by atoms with van der Waals surface area (Å²) >= 11 is 6.01.